The Morgan fingerprint density at radius 1 is 1.32 bits per heavy atom. The Balaban J connectivity index is 2.02. The number of halogens is 1. The molecule has 1 saturated carbocycles. The van der Waals surface area contributed by atoms with Crippen LogP contribution in [0.4, 0.5) is 9.18 Å². The van der Waals surface area contributed by atoms with Crippen molar-refractivity contribution in [2.45, 2.75) is 36.8 Å². The van der Waals surface area contributed by atoms with Gasteiger partial charge in [-0.05, 0) is 38.0 Å². The van der Waals surface area contributed by atoms with Gasteiger partial charge in [0.1, 0.15) is 5.82 Å². The van der Waals surface area contributed by atoms with Crippen molar-refractivity contribution in [2.24, 2.45) is 5.14 Å². The predicted octanol–water partition coefficient (Wildman–Crippen LogP) is 0.00660. The number of urea groups is 1. The summed E-state index contributed by atoms with van der Waals surface area (Å²) in [6, 6.07) is 1.64. The molecule has 11 heteroatoms. The topological polar surface area (TPSA) is 145 Å². The smallest absolute Gasteiger partial charge is 0.341 e. The maximum atomic E-state index is 13.7. The second kappa shape index (κ2) is 7.15. The van der Waals surface area contributed by atoms with Crippen LogP contribution in [0.1, 0.15) is 30.1 Å². The maximum absolute atomic E-state index is 13.7. The quantitative estimate of drug-likeness (QED) is 0.620. The maximum Gasteiger partial charge on any atom is 0.341 e. The van der Waals surface area contributed by atoms with Gasteiger partial charge in [-0.25, -0.2) is 27.5 Å². The van der Waals surface area contributed by atoms with Crippen molar-refractivity contribution in [2.75, 3.05) is 0 Å². The molecule has 1 atom stereocenters. The van der Waals surface area contributed by atoms with E-state index in [4.69, 9.17) is 9.88 Å². The number of carbonyl (C=O) groups is 3. The lowest BCUT2D eigenvalue weighted by atomic mass is 10.2. The average molecular weight is 373 g/mol. The number of sulfonamides is 1. The minimum Gasteiger partial charge on any atom is -0.449 e. The lowest BCUT2D eigenvalue weighted by Crippen LogP contribution is -2.45. The molecule has 0 aliphatic heterocycles. The molecule has 1 fully saturated rings. The van der Waals surface area contributed by atoms with Gasteiger partial charge in [-0.15, -0.1) is 0 Å². The summed E-state index contributed by atoms with van der Waals surface area (Å²) in [5.74, 6) is -3.22. The molecule has 3 amide bonds. The minimum atomic E-state index is -4.15. The Morgan fingerprint density at radius 2 is 1.96 bits per heavy atom. The molecule has 0 aromatic heterocycles. The summed E-state index contributed by atoms with van der Waals surface area (Å²) >= 11 is 0. The van der Waals surface area contributed by atoms with Crippen molar-refractivity contribution in [3.8, 4) is 0 Å². The SMILES string of the molecule is C[C@H](OC(=O)c1cc(S(N)(=O)=O)ccc1F)C(=O)NC(=O)NC1CC1. The van der Waals surface area contributed by atoms with Gasteiger partial charge in [0, 0.05) is 6.04 Å². The zero-order chi connectivity index (χ0) is 18.8. The molecule has 2 rings (SSSR count). The van der Waals surface area contributed by atoms with Crippen LogP contribution in [0.25, 0.3) is 0 Å². The van der Waals surface area contributed by atoms with Crippen LogP contribution in [0.2, 0.25) is 0 Å². The van der Waals surface area contributed by atoms with Gasteiger partial charge in [-0.1, -0.05) is 0 Å². The van der Waals surface area contributed by atoms with Gasteiger partial charge in [0.05, 0.1) is 10.5 Å². The Hall–Kier alpha value is -2.53. The number of esters is 1. The van der Waals surface area contributed by atoms with Crippen LogP contribution in [-0.2, 0) is 19.6 Å². The largest absolute Gasteiger partial charge is 0.449 e. The van der Waals surface area contributed by atoms with Crippen LogP contribution in [-0.4, -0.2) is 38.5 Å². The molecule has 0 spiro atoms. The van der Waals surface area contributed by atoms with Gasteiger partial charge in [0.15, 0.2) is 6.10 Å². The molecule has 0 radical (unpaired) electrons. The number of imide groups is 1. The molecule has 1 aliphatic carbocycles. The van der Waals surface area contributed by atoms with E-state index in [1.807, 2.05) is 5.32 Å². The van der Waals surface area contributed by atoms with E-state index in [9.17, 15) is 27.2 Å². The van der Waals surface area contributed by atoms with Crippen molar-refractivity contribution < 1.29 is 31.9 Å². The highest BCUT2D eigenvalue weighted by atomic mass is 32.2. The standard InChI is InChI=1S/C14H16FN3O6S/c1-7(12(19)18-14(21)17-8-2-3-8)24-13(20)10-6-9(25(16,22)23)4-5-11(10)15/h4-8H,2-3H2,1H3,(H2,16,22,23)(H2,17,18,19,21)/t7-/m0/s1. The van der Waals surface area contributed by atoms with E-state index in [1.165, 1.54) is 6.92 Å². The van der Waals surface area contributed by atoms with Gasteiger partial charge in [-0.3, -0.25) is 10.1 Å². The minimum absolute atomic E-state index is 0.0284. The summed E-state index contributed by atoms with van der Waals surface area (Å²) in [7, 11) is -4.15. The van der Waals surface area contributed by atoms with E-state index < -0.39 is 50.3 Å². The molecule has 136 valence electrons. The fraction of sp³-hybridized carbons (Fsp3) is 0.357. The summed E-state index contributed by atoms with van der Waals surface area (Å²) in [4.78, 5) is 34.7. The first kappa shape index (κ1) is 18.8. The first-order chi connectivity index (χ1) is 11.6. The van der Waals surface area contributed by atoms with E-state index in [0.29, 0.717) is 6.07 Å². The van der Waals surface area contributed by atoms with Gasteiger partial charge in [0.2, 0.25) is 10.0 Å². The highest BCUT2D eigenvalue weighted by Crippen LogP contribution is 2.18. The molecule has 1 aromatic carbocycles. The summed E-state index contributed by atoms with van der Waals surface area (Å²) in [5, 5.41) is 9.40. The molecular formula is C14H16FN3O6S. The zero-order valence-corrected chi connectivity index (χ0v) is 13.9. The van der Waals surface area contributed by atoms with Crippen LogP contribution in [0, 0.1) is 5.82 Å². The predicted molar refractivity (Wildman–Crippen MR) is 82.3 cm³/mol. The number of hydrogen-bond donors (Lipinski definition) is 3. The summed E-state index contributed by atoms with van der Waals surface area (Å²) in [6.45, 7) is 1.18. The Labute approximate surface area is 142 Å². The van der Waals surface area contributed by atoms with Crippen molar-refractivity contribution in [3.63, 3.8) is 0 Å². The number of amides is 3. The Morgan fingerprint density at radius 3 is 2.52 bits per heavy atom. The van der Waals surface area contributed by atoms with Crippen molar-refractivity contribution >= 4 is 27.9 Å². The molecule has 1 aromatic rings. The molecule has 1 aliphatic rings. The van der Waals surface area contributed by atoms with Gasteiger partial charge in [-0.2, -0.15) is 0 Å². The molecule has 0 heterocycles. The first-order valence-corrected chi connectivity index (χ1v) is 8.77. The number of rotatable bonds is 5. The number of primary sulfonamides is 1. The van der Waals surface area contributed by atoms with Crippen LogP contribution >= 0.6 is 0 Å². The van der Waals surface area contributed by atoms with Crippen LogP contribution < -0.4 is 15.8 Å². The zero-order valence-electron chi connectivity index (χ0n) is 13.1. The van der Waals surface area contributed by atoms with E-state index in [0.717, 1.165) is 25.0 Å². The van der Waals surface area contributed by atoms with Crippen molar-refractivity contribution in [1.82, 2.24) is 10.6 Å². The second-order valence-corrected chi connectivity index (χ2v) is 7.03. The molecule has 4 N–H and O–H groups in total. The third kappa shape index (κ3) is 5.22. The number of hydrogen-bond acceptors (Lipinski definition) is 6. The van der Waals surface area contributed by atoms with E-state index in [2.05, 4.69) is 5.32 Å². The third-order valence-corrected chi connectivity index (χ3v) is 4.20. The molecule has 9 nitrogen and oxygen atoms in total. The molecule has 25 heavy (non-hydrogen) atoms. The molecular weight excluding hydrogens is 357 g/mol. The summed E-state index contributed by atoms with van der Waals surface area (Å²) in [5.41, 5.74) is -0.700. The normalized spacial score (nSPS) is 15.2. The van der Waals surface area contributed by atoms with E-state index in [1.54, 1.807) is 0 Å². The highest BCUT2D eigenvalue weighted by molar-refractivity contribution is 7.89. The van der Waals surface area contributed by atoms with Crippen molar-refractivity contribution in [1.29, 1.82) is 0 Å². The number of ether oxygens (including phenoxy) is 1. The Bertz CT molecular complexity index is 822. The monoisotopic (exact) mass is 373 g/mol. The molecule has 0 bridgehead atoms. The lowest BCUT2D eigenvalue weighted by molar-refractivity contribution is -0.127. The fourth-order valence-electron chi connectivity index (χ4n) is 1.78. The number of carbonyl (C=O) groups excluding carboxylic acids is 3. The number of benzene rings is 1. The Kier molecular flexibility index (Phi) is 5.38. The first-order valence-electron chi connectivity index (χ1n) is 7.22. The third-order valence-electron chi connectivity index (χ3n) is 3.29. The lowest BCUT2D eigenvalue weighted by Gasteiger charge is -2.14. The second-order valence-electron chi connectivity index (χ2n) is 5.47. The number of nitrogens with one attached hydrogen (secondary N) is 2. The van der Waals surface area contributed by atoms with Crippen molar-refractivity contribution in [3.05, 3.63) is 29.6 Å². The van der Waals surface area contributed by atoms with Gasteiger partial charge in [0.25, 0.3) is 5.91 Å². The molecule has 0 saturated heterocycles. The summed E-state index contributed by atoms with van der Waals surface area (Å²) in [6.07, 6.45) is 0.243. The van der Waals surface area contributed by atoms with Gasteiger partial charge < -0.3 is 10.1 Å². The molecule has 0 unspecified atom stereocenters. The highest BCUT2D eigenvalue weighted by Gasteiger charge is 2.27. The van der Waals surface area contributed by atoms with Gasteiger partial charge >= 0.3 is 12.0 Å². The van der Waals surface area contributed by atoms with Crippen LogP contribution in [0.5, 0.6) is 0 Å². The van der Waals surface area contributed by atoms with E-state index >= 15 is 0 Å². The average Bonchev–Trinajstić information content (AvgIpc) is 3.29. The number of nitrogens with two attached hydrogens (primary N) is 1. The summed E-state index contributed by atoms with van der Waals surface area (Å²) < 4.78 is 41.0. The van der Waals surface area contributed by atoms with Crippen LogP contribution in [0.3, 0.4) is 0 Å². The van der Waals surface area contributed by atoms with Crippen LogP contribution in [0.15, 0.2) is 23.1 Å². The van der Waals surface area contributed by atoms with E-state index in [-0.39, 0.29) is 6.04 Å². The fourth-order valence-corrected chi connectivity index (χ4v) is 2.32.